The number of ketones is 1. The lowest BCUT2D eigenvalue weighted by molar-refractivity contribution is 0.0991. The normalized spacial score (nSPS) is 11.1. The van der Waals surface area contributed by atoms with Gasteiger partial charge in [-0.05, 0) is 55.3 Å². The minimum Gasteiger partial charge on any atom is -0.475 e. The number of aromatic nitrogens is 3. The van der Waals surface area contributed by atoms with Crippen molar-refractivity contribution in [3.63, 3.8) is 0 Å². The third-order valence-corrected chi connectivity index (χ3v) is 6.64. The van der Waals surface area contributed by atoms with E-state index in [0.29, 0.717) is 46.9 Å². The van der Waals surface area contributed by atoms with Crippen molar-refractivity contribution < 1.29 is 27.8 Å². The molecule has 3 aromatic heterocycles. The Hall–Kier alpha value is -4.96. The molecule has 8 nitrogen and oxygen atoms in total. The van der Waals surface area contributed by atoms with Gasteiger partial charge in [-0.2, -0.15) is 0 Å². The first-order valence-corrected chi connectivity index (χ1v) is 13.1. The molecule has 0 amide bonds. The molecule has 0 aliphatic heterocycles. The molecule has 1 N–H and O–H groups in total. The molecular weight excluding hydrogens is 544 g/mol. The Balaban J connectivity index is 1.37. The van der Waals surface area contributed by atoms with Crippen LogP contribution in [0.2, 0.25) is 0 Å². The molecule has 0 fully saturated rings. The number of Topliss-reactive ketones (excluding diaryl/α,β-unsaturated/α-hetero) is 1. The number of methoxy groups -OCH3 is 1. The van der Waals surface area contributed by atoms with Crippen LogP contribution < -0.4 is 14.9 Å². The molecule has 0 spiro atoms. The van der Waals surface area contributed by atoms with Gasteiger partial charge in [0, 0.05) is 48.8 Å². The van der Waals surface area contributed by atoms with E-state index < -0.39 is 22.8 Å². The lowest BCUT2D eigenvalue weighted by Crippen LogP contribution is -2.20. The van der Waals surface area contributed by atoms with Gasteiger partial charge in [-0.3, -0.25) is 14.6 Å². The smallest absolute Gasteiger partial charge is 0.217 e. The highest BCUT2D eigenvalue weighted by Gasteiger charge is 2.19. The summed E-state index contributed by atoms with van der Waals surface area (Å²) in [5, 5.41) is 0. The van der Waals surface area contributed by atoms with E-state index in [1.165, 1.54) is 48.8 Å². The van der Waals surface area contributed by atoms with Crippen molar-refractivity contribution in [2.45, 2.75) is 20.3 Å². The molecule has 0 atom stereocenters. The number of aromatic amines is 1. The lowest BCUT2D eigenvalue weighted by atomic mass is 9.98. The molecule has 0 saturated heterocycles. The first-order valence-electron chi connectivity index (χ1n) is 13.1. The molecule has 0 radical (unpaired) electrons. The van der Waals surface area contributed by atoms with Gasteiger partial charge in [0.2, 0.25) is 5.88 Å². The van der Waals surface area contributed by atoms with Gasteiger partial charge in [0.05, 0.1) is 17.7 Å². The van der Waals surface area contributed by atoms with E-state index in [1.807, 2.05) is 6.92 Å². The van der Waals surface area contributed by atoms with E-state index in [1.54, 1.807) is 32.2 Å². The number of rotatable bonds is 10. The van der Waals surface area contributed by atoms with Crippen LogP contribution in [-0.2, 0) is 11.2 Å². The zero-order valence-corrected chi connectivity index (χ0v) is 23.2. The van der Waals surface area contributed by atoms with Crippen molar-refractivity contribution in [1.29, 1.82) is 0 Å². The number of fused-ring (bicyclic) bond motifs is 1. The van der Waals surface area contributed by atoms with Crippen molar-refractivity contribution in [3.8, 4) is 28.5 Å². The molecule has 2 aromatic carbocycles. The van der Waals surface area contributed by atoms with Crippen LogP contribution in [0.4, 0.5) is 8.78 Å². The fraction of sp³-hybridized carbons (Fsp3) is 0.188. The number of H-pyrrole nitrogens is 1. The molecule has 0 aliphatic carbocycles. The largest absolute Gasteiger partial charge is 0.475 e. The number of nitrogens with zero attached hydrogens (tertiary/aromatic N) is 2. The van der Waals surface area contributed by atoms with Crippen LogP contribution in [-0.4, -0.2) is 41.1 Å². The number of pyridine rings is 3. The number of halogens is 2. The SMILES string of the molecule is COCCOc1nc2c(Oc3ccc(CC(=O)c4c[nH]c(C)c(-c5ccc(F)cc5)c4=O)cc3F)ccnc2cc1C. The molecule has 0 unspecified atom stereocenters. The molecule has 0 saturated carbocycles. The van der Waals surface area contributed by atoms with Crippen molar-refractivity contribution in [2.75, 3.05) is 20.3 Å². The van der Waals surface area contributed by atoms with Crippen molar-refractivity contribution in [2.24, 2.45) is 0 Å². The molecule has 3 heterocycles. The van der Waals surface area contributed by atoms with E-state index in [9.17, 15) is 14.0 Å². The Morgan fingerprint density at radius 1 is 0.976 bits per heavy atom. The summed E-state index contributed by atoms with van der Waals surface area (Å²) in [5.41, 5.74) is 2.82. The number of aryl methyl sites for hydroxylation is 2. The third-order valence-electron chi connectivity index (χ3n) is 6.64. The Bertz CT molecular complexity index is 1840. The summed E-state index contributed by atoms with van der Waals surface area (Å²) >= 11 is 0. The summed E-state index contributed by atoms with van der Waals surface area (Å²) in [5.74, 6) is -1.03. The minimum absolute atomic E-state index is 0.0743. The molecule has 0 bridgehead atoms. The van der Waals surface area contributed by atoms with Gasteiger partial charge in [-0.1, -0.05) is 18.2 Å². The van der Waals surface area contributed by atoms with Crippen LogP contribution in [0.3, 0.4) is 0 Å². The number of carbonyl (C=O) groups is 1. The predicted molar refractivity (Wildman–Crippen MR) is 153 cm³/mol. The van der Waals surface area contributed by atoms with Crippen LogP contribution in [0.5, 0.6) is 17.4 Å². The zero-order chi connectivity index (χ0) is 29.8. The van der Waals surface area contributed by atoms with Gasteiger partial charge in [0.15, 0.2) is 28.5 Å². The van der Waals surface area contributed by atoms with Gasteiger partial charge in [0.25, 0.3) is 0 Å². The molecule has 42 heavy (non-hydrogen) atoms. The summed E-state index contributed by atoms with van der Waals surface area (Å²) in [7, 11) is 1.57. The van der Waals surface area contributed by atoms with Gasteiger partial charge in [-0.15, -0.1) is 0 Å². The maximum Gasteiger partial charge on any atom is 0.217 e. The fourth-order valence-electron chi connectivity index (χ4n) is 4.51. The van der Waals surface area contributed by atoms with Crippen LogP contribution in [0, 0.1) is 25.5 Å². The summed E-state index contributed by atoms with van der Waals surface area (Å²) in [4.78, 5) is 38.1. The molecular formula is C32H27F2N3O5. The first kappa shape index (κ1) is 28.6. The maximum absolute atomic E-state index is 15.2. The second kappa shape index (κ2) is 12.3. The summed E-state index contributed by atoms with van der Waals surface area (Å²) < 4.78 is 45.2. The zero-order valence-electron chi connectivity index (χ0n) is 23.2. The number of benzene rings is 2. The lowest BCUT2D eigenvalue weighted by Gasteiger charge is -2.13. The van der Waals surface area contributed by atoms with E-state index in [2.05, 4.69) is 15.0 Å². The Labute approximate surface area is 239 Å². The van der Waals surface area contributed by atoms with Crippen molar-refractivity contribution in [1.82, 2.24) is 15.0 Å². The Morgan fingerprint density at radius 2 is 1.76 bits per heavy atom. The van der Waals surface area contributed by atoms with Gasteiger partial charge >= 0.3 is 0 Å². The van der Waals surface area contributed by atoms with E-state index in [-0.39, 0.29) is 29.0 Å². The van der Waals surface area contributed by atoms with Crippen molar-refractivity contribution in [3.05, 3.63) is 111 Å². The number of nitrogens with one attached hydrogen (secondary N) is 1. The minimum atomic E-state index is -0.696. The fourth-order valence-corrected chi connectivity index (χ4v) is 4.51. The van der Waals surface area contributed by atoms with Crippen LogP contribution >= 0.6 is 0 Å². The highest BCUT2D eigenvalue weighted by molar-refractivity contribution is 5.98. The number of hydrogen-bond donors (Lipinski definition) is 1. The highest BCUT2D eigenvalue weighted by atomic mass is 19.1. The van der Waals surface area contributed by atoms with E-state index >= 15 is 4.39 Å². The van der Waals surface area contributed by atoms with Gasteiger partial charge in [0.1, 0.15) is 17.9 Å². The quantitative estimate of drug-likeness (QED) is 0.159. The molecule has 5 rings (SSSR count). The second-order valence-electron chi connectivity index (χ2n) is 9.63. The topological polar surface area (TPSA) is 103 Å². The predicted octanol–water partition coefficient (Wildman–Crippen LogP) is 6.12. The number of carbonyl (C=O) groups excluding carboxylic acids is 1. The van der Waals surface area contributed by atoms with E-state index in [0.717, 1.165) is 5.56 Å². The Morgan fingerprint density at radius 3 is 2.50 bits per heavy atom. The molecule has 214 valence electrons. The molecule has 10 heteroatoms. The summed E-state index contributed by atoms with van der Waals surface area (Å²) in [6.07, 6.45) is 2.67. The second-order valence-corrected chi connectivity index (χ2v) is 9.63. The maximum atomic E-state index is 15.2. The van der Waals surface area contributed by atoms with Crippen LogP contribution in [0.1, 0.15) is 27.2 Å². The van der Waals surface area contributed by atoms with Crippen LogP contribution in [0.15, 0.2) is 71.8 Å². The van der Waals surface area contributed by atoms with E-state index in [4.69, 9.17) is 14.2 Å². The van der Waals surface area contributed by atoms with Crippen molar-refractivity contribution >= 4 is 16.8 Å². The number of ether oxygens (including phenoxy) is 3. The Kier molecular flexibility index (Phi) is 8.35. The standard InChI is InChI=1S/C32H27F2N3O5/c1-18-14-25-30(37-32(18)41-13-12-40-3)28(10-11-35-25)42-27-9-4-20(15-24(27)34)16-26(38)23-17-36-19(2)29(31(23)39)21-5-7-22(33)8-6-21/h4-11,14-15,17H,12-13,16H2,1-3H3,(H,36,39). The average molecular weight is 572 g/mol. The molecule has 5 aromatic rings. The van der Waals surface area contributed by atoms with Gasteiger partial charge in [-0.25, -0.2) is 13.8 Å². The third kappa shape index (κ3) is 6.03. The first-order chi connectivity index (χ1) is 20.2. The van der Waals surface area contributed by atoms with Gasteiger partial charge < -0.3 is 19.2 Å². The molecule has 0 aliphatic rings. The monoisotopic (exact) mass is 571 g/mol. The number of hydrogen-bond acceptors (Lipinski definition) is 7. The summed E-state index contributed by atoms with van der Waals surface area (Å²) in [6, 6.07) is 13.0. The highest BCUT2D eigenvalue weighted by Crippen LogP contribution is 2.32. The summed E-state index contributed by atoms with van der Waals surface area (Å²) in [6.45, 7) is 4.24. The average Bonchev–Trinajstić information content (AvgIpc) is 2.96. The van der Waals surface area contributed by atoms with Crippen LogP contribution in [0.25, 0.3) is 22.2 Å².